The van der Waals surface area contributed by atoms with Gasteiger partial charge in [-0.25, -0.2) is 0 Å². The quantitative estimate of drug-likeness (QED) is 0.654. The molecule has 0 heterocycles. The lowest BCUT2D eigenvalue weighted by Gasteiger charge is -2.17. The summed E-state index contributed by atoms with van der Waals surface area (Å²) < 4.78 is 0. The monoisotopic (exact) mass is 205 g/mol. The third-order valence-electron chi connectivity index (χ3n) is 2.53. The molecule has 0 fully saturated rings. The first-order chi connectivity index (χ1) is 7.31. The molecule has 0 N–H and O–H groups in total. The number of carbonyl (C=O) groups is 1. The molecule has 0 aromatic heterocycles. The molecule has 82 valence electrons. The standard InChI is InChI=1S/C13H19NO/c1-3-5-9-14(11-15)13-8-6-7-12(4-2)10-13/h6-8,10-11H,3-5,9H2,1-2H3. The number of amides is 1. The van der Waals surface area contributed by atoms with Gasteiger partial charge in [-0.3, -0.25) is 4.79 Å². The summed E-state index contributed by atoms with van der Waals surface area (Å²) in [6, 6.07) is 8.18. The summed E-state index contributed by atoms with van der Waals surface area (Å²) in [7, 11) is 0. The van der Waals surface area contributed by atoms with Crippen LogP contribution in [0.15, 0.2) is 24.3 Å². The van der Waals surface area contributed by atoms with Crippen LogP contribution in [0, 0.1) is 0 Å². The van der Waals surface area contributed by atoms with Gasteiger partial charge in [-0.05, 0) is 30.5 Å². The Morgan fingerprint density at radius 2 is 2.13 bits per heavy atom. The summed E-state index contributed by atoms with van der Waals surface area (Å²) in [5.41, 5.74) is 2.29. The van der Waals surface area contributed by atoms with Gasteiger partial charge in [-0.1, -0.05) is 32.4 Å². The zero-order valence-electron chi connectivity index (χ0n) is 9.57. The SMILES string of the molecule is CCCCN(C=O)c1cccc(CC)c1. The van der Waals surface area contributed by atoms with Gasteiger partial charge in [-0.15, -0.1) is 0 Å². The number of benzene rings is 1. The van der Waals surface area contributed by atoms with Crippen LogP contribution in [0.1, 0.15) is 32.3 Å². The van der Waals surface area contributed by atoms with Crippen molar-refractivity contribution in [2.45, 2.75) is 33.1 Å². The molecular formula is C13H19NO. The van der Waals surface area contributed by atoms with Crippen LogP contribution < -0.4 is 4.90 Å². The van der Waals surface area contributed by atoms with Crippen molar-refractivity contribution >= 4 is 12.1 Å². The van der Waals surface area contributed by atoms with Crippen LogP contribution in [0.3, 0.4) is 0 Å². The second-order valence-electron chi connectivity index (χ2n) is 3.68. The second kappa shape index (κ2) is 6.23. The highest BCUT2D eigenvalue weighted by molar-refractivity contribution is 5.75. The fraction of sp³-hybridized carbons (Fsp3) is 0.462. The van der Waals surface area contributed by atoms with E-state index in [1.807, 2.05) is 12.1 Å². The van der Waals surface area contributed by atoms with E-state index in [9.17, 15) is 4.79 Å². The van der Waals surface area contributed by atoms with Crippen molar-refractivity contribution in [3.8, 4) is 0 Å². The number of carbonyl (C=O) groups excluding carboxylic acids is 1. The molecule has 0 bridgehead atoms. The Morgan fingerprint density at radius 3 is 2.73 bits per heavy atom. The van der Waals surface area contributed by atoms with Crippen LogP contribution in [0.5, 0.6) is 0 Å². The molecule has 2 heteroatoms. The van der Waals surface area contributed by atoms with Gasteiger partial charge in [0.1, 0.15) is 0 Å². The van der Waals surface area contributed by atoms with Gasteiger partial charge in [0.2, 0.25) is 6.41 Å². The zero-order valence-corrected chi connectivity index (χ0v) is 9.57. The lowest BCUT2D eigenvalue weighted by molar-refractivity contribution is -0.107. The number of anilines is 1. The molecule has 0 aliphatic carbocycles. The van der Waals surface area contributed by atoms with Gasteiger partial charge in [-0.2, -0.15) is 0 Å². The van der Waals surface area contributed by atoms with Gasteiger partial charge in [0.05, 0.1) is 0 Å². The number of hydrogen-bond acceptors (Lipinski definition) is 1. The Hall–Kier alpha value is -1.31. The van der Waals surface area contributed by atoms with Crippen LogP contribution in [0.25, 0.3) is 0 Å². The Balaban J connectivity index is 2.76. The predicted molar refractivity (Wildman–Crippen MR) is 64.1 cm³/mol. The molecule has 0 atom stereocenters. The lowest BCUT2D eigenvalue weighted by atomic mass is 10.1. The third-order valence-corrected chi connectivity index (χ3v) is 2.53. The second-order valence-corrected chi connectivity index (χ2v) is 3.68. The summed E-state index contributed by atoms with van der Waals surface area (Å²) in [4.78, 5) is 12.7. The Bertz CT molecular complexity index is 309. The highest BCUT2D eigenvalue weighted by Gasteiger charge is 2.04. The minimum absolute atomic E-state index is 0.813. The molecule has 0 aliphatic heterocycles. The summed E-state index contributed by atoms with van der Waals surface area (Å²) in [6.45, 7) is 5.06. The van der Waals surface area contributed by atoms with Crippen molar-refractivity contribution in [2.75, 3.05) is 11.4 Å². The van der Waals surface area contributed by atoms with Crippen molar-refractivity contribution in [3.05, 3.63) is 29.8 Å². The molecule has 1 aromatic rings. The minimum atomic E-state index is 0.813. The summed E-state index contributed by atoms with van der Waals surface area (Å²) in [5.74, 6) is 0. The highest BCUT2D eigenvalue weighted by Crippen LogP contribution is 2.15. The number of aryl methyl sites for hydroxylation is 1. The Labute approximate surface area is 91.9 Å². The van der Waals surface area contributed by atoms with Crippen LogP contribution in [0.4, 0.5) is 5.69 Å². The number of unbranched alkanes of at least 4 members (excludes halogenated alkanes) is 1. The van der Waals surface area contributed by atoms with E-state index in [4.69, 9.17) is 0 Å². The third kappa shape index (κ3) is 3.39. The minimum Gasteiger partial charge on any atom is -0.315 e. The van der Waals surface area contributed by atoms with Crippen LogP contribution in [-0.2, 0) is 11.2 Å². The van der Waals surface area contributed by atoms with Crippen molar-refractivity contribution in [2.24, 2.45) is 0 Å². The van der Waals surface area contributed by atoms with Gasteiger partial charge >= 0.3 is 0 Å². The molecule has 0 unspecified atom stereocenters. The van der Waals surface area contributed by atoms with Crippen molar-refractivity contribution in [1.29, 1.82) is 0 Å². The maximum Gasteiger partial charge on any atom is 0.214 e. The summed E-state index contributed by atoms with van der Waals surface area (Å²) >= 11 is 0. The van der Waals surface area contributed by atoms with Crippen molar-refractivity contribution in [1.82, 2.24) is 0 Å². The number of hydrogen-bond donors (Lipinski definition) is 0. The van der Waals surface area contributed by atoms with E-state index >= 15 is 0 Å². The van der Waals surface area contributed by atoms with Crippen LogP contribution in [0.2, 0.25) is 0 Å². The smallest absolute Gasteiger partial charge is 0.214 e. The largest absolute Gasteiger partial charge is 0.315 e. The average molecular weight is 205 g/mol. The van der Waals surface area contributed by atoms with Crippen LogP contribution in [-0.4, -0.2) is 13.0 Å². The predicted octanol–water partition coefficient (Wildman–Crippen LogP) is 3.01. The van der Waals surface area contributed by atoms with E-state index in [0.29, 0.717) is 0 Å². The first-order valence-corrected chi connectivity index (χ1v) is 5.62. The molecular weight excluding hydrogens is 186 g/mol. The van der Waals surface area contributed by atoms with E-state index in [0.717, 1.165) is 37.9 Å². The first kappa shape index (κ1) is 11.8. The molecule has 0 saturated heterocycles. The number of rotatable bonds is 6. The summed E-state index contributed by atoms with van der Waals surface area (Å²) in [6.07, 6.45) is 4.09. The van der Waals surface area contributed by atoms with Crippen LogP contribution >= 0.6 is 0 Å². The van der Waals surface area contributed by atoms with E-state index in [1.165, 1.54) is 5.56 Å². The van der Waals surface area contributed by atoms with E-state index in [-0.39, 0.29) is 0 Å². The van der Waals surface area contributed by atoms with Gasteiger partial charge in [0.15, 0.2) is 0 Å². The van der Waals surface area contributed by atoms with Crippen molar-refractivity contribution < 1.29 is 4.79 Å². The molecule has 2 nitrogen and oxygen atoms in total. The topological polar surface area (TPSA) is 20.3 Å². The fourth-order valence-corrected chi connectivity index (χ4v) is 1.53. The first-order valence-electron chi connectivity index (χ1n) is 5.62. The normalized spacial score (nSPS) is 10.0. The van der Waals surface area contributed by atoms with Gasteiger partial charge < -0.3 is 4.90 Å². The molecule has 0 spiro atoms. The lowest BCUT2D eigenvalue weighted by Crippen LogP contribution is -2.22. The molecule has 1 rings (SSSR count). The maximum atomic E-state index is 10.9. The van der Waals surface area contributed by atoms with Crippen molar-refractivity contribution in [3.63, 3.8) is 0 Å². The molecule has 0 radical (unpaired) electrons. The molecule has 0 saturated carbocycles. The average Bonchev–Trinajstić information content (AvgIpc) is 2.30. The highest BCUT2D eigenvalue weighted by atomic mass is 16.1. The Kier molecular flexibility index (Phi) is 4.88. The Morgan fingerprint density at radius 1 is 1.33 bits per heavy atom. The van der Waals surface area contributed by atoms with Gasteiger partial charge in [0, 0.05) is 12.2 Å². The molecule has 0 aliphatic rings. The number of nitrogens with zero attached hydrogens (tertiary/aromatic N) is 1. The fourth-order valence-electron chi connectivity index (χ4n) is 1.53. The molecule has 1 aromatic carbocycles. The van der Waals surface area contributed by atoms with Gasteiger partial charge in [0.25, 0.3) is 0 Å². The van der Waals surface area contributed by atoms with E-state index in [1.54, 1.807) is 4.90 Å². The van der Waals surface area contributed by atoms with E-state index in [2.05, 4.69) is 26.0 Å². The maximum absolute atomic E-state index is 10.9. The molecule has 1 amide bonds. The van der Waals surface area contributed by atoms with E-state index < -0.39 is 0 Å². The zero-order chi connectivity index (χ0) is 11.1. The molecule has 15 heavy (non-hydrogen) atoms. The summed E-state index contributed by atoms with van der Waals surface area (Å²) in [5, 5.41) is 0.